The molecule has 1 aliphatic carbocycles. The molecule has 4 saturated heterocycles. The van der Waals surface area contributed by atoms with Gasteiger partial charge >= 0.3 is 6.01 Å². The summed E-state index contributed by atoms with van der Waals surface area (Å²) in [6.07, 6.45) is 9.06. The number of methoxy groups -OCH3 is 1. The molecular formula is C34H33F3N4O3. The van der Waals surface area contributed by atoms with E-state index in [2.05, 4.69) is 20.8 Å². The molecule has 4 atom stereocenters. The van der Waals surface area contributed by atoms with Crippen molar-refractivity contribution in [2.24, 2.45) is 11.8 Å². The first-order chi connectivity index (χ1) is 21.2. The van der Waals surface area contributed by atoms with Crippen LogP contribution in [0, 0.1) is 35.8 Å². The number of nitrogens with zero attached hydrogens (tertiary/aromatic N) is 4. The first-order valence-electron chi connectivity index (χ1n) is 15.0. The number of terminal acetylenes is 1. The number of aromatic hydroxyl groups is 1. The highest BCUT2D eigenvalue weighted by Crippen LogP contribution is 2.44. The van der Waals surface area contributed by atoms with Gasteiger partial charge in [-0.15, -0.1) is 6.42 Å². The summed E-state index contributed by atoms with van der Waals surface area (Å²) in [7, 11) is 1.41. The highest BCUT2D eigenvalue weighted by atomic mass is 19.1. The van der Waals surface area contributed by atoms with Crippen LogP contribution in [0.15, 0.2) is 36.4 Å². The van der Waals surface area contributed by atoms with E-state index in [1.165, 1.54) is 44.2 Å². The van der Waals surface area contributed by atoms with Crippen molar-refractivity contribution < 1.29 is 28.1 Å². The zero-order valence-corrected chi connectivity index (χ0v) is 24.3. The topological polar surface area (TPSA) is 82.0 Å². The van der Waals surface area contributed by atoms with E-state index in [0.29, 0.717) is 47.7 Å². The lowest BCUT2D eigenvalue weighted by atomic mass is 9.68. The van der Waals surface area contributed by atoms with Gasteiger partial charge in [-0.1, -0.05) is 18.1 Å². The number of hydrogen-bond donors (Lipinski definition) is 2. The first-order valence-corrected chi connectivity index (χ1v) is 15.0. The van der Waals surface area contributed by atoms with E-state index in [1.807, 2.05) is 4.90 Å². The van der Waals surface area contributed by atoms with Crippen LogP contribution in [-0.4, -0.2) is 76.7 Å². The predicted molar refractivity (Wildman–Crippen MR) is 162 cm³/mol. The van der Waals surface area contributed by atoms with E-state index >= 15 is 4.39 Å². The third-order valence-electron chi connectivity index (χ3n) is 9.68. The van der Waals surface area contributed by atoms with E-state index in [9.17, 15) is 19.0 Å². The normalized spacial score (nSPS) is 25.7. The largest absolute Gasteiger partial charge is 0.508 e. The number of aliphatic hydroxyl groups excluding tert-OH is 1. The van der Waals surface area contributed by atoms with Crippen molar-refractivity contribution in [1.29, 1.82) is 0 Å². The highest BCUT2D eigenvalue weighted by molar-refractivity contribution is 6.04. The van der Waals surface area contributed by atoms with Gasteiger partial charge in [-0.2, -0.15) is 9.97 Å². The van der Waals surface area contributed by atoms with Crippen LogP contribution < -0.4 is 9.64 Å². The van der Waals surface area contributed by atoms with Crippen LogP contribution in [0.1, 0.15) is 31.2 Å². The van der Waals surface area contributed by atoms with E-state index < -0.39 is 17.8 Å². The van der Waals surface area contributed by atoms with Gasteiger partial charge in [0.25, 0.3) is 0 Å². The van der Waals surface area contributed by atoms with Crippen molar-refractivity contribution in [2.75, 3.05) is 38.2 Å². The summed E-state index contributed by atoms with van der Waals surface area (Å²) >= 11 is 0. The van der Waals surface area contributed by atoms with Crippen LogP contribution in [0.25, 0.3) is 32.8 Å². The van der Waals surface area contributed by atoms with Crippen LogP contribution >= 0.6 is 0 Å². The molecule has 5 fully saturated rings. The van der Waals surface area contributed by atoms with Gasteiger partial charge in [0, 0.05) is 53.8 Å². The van der Waals surface area contributed by atoms with Crippen LogP contribution in [-0.2, 0) is 0 Å². The third-order valence-corrected chi connectivity index (χ3v) is 9.68. The van der Waals surface area contributed by atoms with Crippen molar-refractivity contribution >= 4 is 27.5 Å². The Morgan fingerprint density at radius 3 is 2.52 bits per heavy atom. The fraction of sp³-hybridized carbons (Fsp3) is 0.412. The minimum Gasteiger partial charge on any atom is -0.508 e. The Bertz CT molecular complexity index is 1790. The lowest BCUT2D eigenvalue weighted by Crippen LogP contribution is -2.58. The van der Waals surface area contributed by atoms with Crippen LogP contribution in [0.5, 0.6) is 11.8 Å². The van der Waals surface area contributed by atoms with Crippen molar-refractivity contribution in [1.82, 2.24) is 14.9 Å². The van der Waals surface area contributed by atoms with Gasteiger partial charge in [0.2, 0.25) is 0 Å². The maximum absolute atomic E-state index is 16.1. The summed E-state index contributed by atoms with van der Waals surface area (Å²) in [5.41, 5.74) is 0.404. The quantitative estimate of drug-likeness (QED) is 0.303. The Hall–Kier alpha value is -4.07. The molecule has 0 spiro atoms. The number of phenolic OH excluding ortho intramolecular Hbond substituents is 1. The molecule has 4 aromatic rings. The van der Waals surface area contributed by atoms with Gasteiger partial charge in [-0.05, 0) is 67.4 Å². The number of halogens is 3. The number of piperidine rings is 2. The lowest BCUT2D eigenvalue weighted by Gasteiger charge is -2.51. The van der Waals surface area contributed by atoms with Crippen LogP contribution in [0.4, 0.5) is 19.0 Å². The number of anilines is 1. The van der Waals surface area contributed by atoms with Crippen molar-refractivity contribution in [3.8, 4) is 35.2 Å². The zero-order chi connectivity index (χ0) is 30.7. The first kappa shape index (κ1) is 28.7. The SMILES string of the molecule is C#Cc1c(F)ccc2cc(O)cc(-c3ccc4c(N5CC6CC(C5)C6O)nc(OC)nc4c3F)c12.FC1CC2CCCN2C1. The van der Waals surface area contributed by atoms with Gasteiger partial charge in [0.05, 0.1) is 18.8 Å². The number of ether oxygens (including phenoxy) is 1. The van der Waals surface area contributed by atoms with Gasteiger partial charge in [-0.3, -0.25) is 4.90 Å². The highest BCUT2D eigenvalue weighted by Gasteiger charge is 2.46. The summed E-state index contributed by atoms with van der Waals surface area (Å²) in [6, 6.07) is 9.44. The lowest BCUT2D eigenvalue weighted by molar-refractivity contribution is -0.0532. The monoisotopic (exact) mass is 602 g/mol. The maximum atomic E-state index is 16.1. The molecule has 4 unspecified atom stereocenters. The van der Waals surface area contributed by atoms with E-state index in [1.54, 1.807) is 12.1 Å². The van der Waals surface area contributed by atoms with Crippen molar-refractivity contribution in [2.45, 2.75) is 44.0 Å². The average molecular weight is 603 g/mol. The molecule has 5 aliphatic rings. The number of phenols is 1. The summed E-state index contributed by atoms with van der Waals surface area (Å²) in [5.74, 6) is 1.84. The smallest absolute Gasteiger partial charge is 0.318 e. The molecule has 1 saturated carbocycles. The number of aliphatic hydroxyl groups is 1. The zero-order valence-electron chi connectivity index (χ0n) is 24.3. The number of benzene rings is 3. The standard InChI is InChI=1S/C27H21F2N3O3.C7H12FN/c1-3-17-21(28)7-4-13-9-16(33)10-20(22(13)17)18-5-6-19-24(23(18)29)30-27(35-2)31-26(19)32-11-14-8-15(12-32)25(14)34;8-6-4-7-2-1-3-9(7)5-6/h1,4-7,9-10,14-15,25,33-34H,8,11-12H2,2H3;6-7H,1-5H2. The summed E-state index contributed by atoms with van der Waals surface area (Å²) in [4.78, 5) is 13.1. The van der Waals surface area contributed by atoms with Crippen LogP contribution in [0.2, 0.25) is 0 Å². The molecule has 10 heteroatoms. The Morgan fingerprint density at radius 2 is 1.82 bits per heavy atom. The van der Waals surface area contributed by atoms with Crippen molar-refractivity contribution in [3.63, 3.8) is 0 Å². The Kier molecular flexibility index (Phi) is 7.26. The molecule has 3 aromatic carbocycles. The predicted octanol–water partition coefficient (Wildman–Crippen LogP) is 5.43. The molecule has 7 nitrogen and oxygen atoms in total. The van der Waals surface area contributed by atoms with Gasteiger partial charge < -0.3 is 19.8 Å². The molecule has 0 radical (unpaired) electrons. The molecule has 2 bridgehead atoms. The van der Waals surface area contributed by atoms with E-state index in [0.717, 1.165) is 19.4 Å². The van der Waals surface area contributed by atoms with Gasteiger partial charge in [0.15, 0.2) is 5.82 Å². The Balaban J connectivity index is 0.000000296. The molecule has 9 rings (SSSR count). The summed E-state index contributed by atoms with van der Waals surface area (Å²) in [5, 5.41) is 21.8. The minimum absolute atomic E-state index is 0.0101. The second-order valence-electron chi connectivity index (χ2n) is 12.3. The number of aromatic nitrogens is 2. The molecule has 228 valence electrons. The number of fused-ring (bicyclic) bond motifs is 5. The fourth-order valence-corrected chi connectivity index (χ4v) is 7.51. The van der Waals surface area contributed by atoms with Gasteiger partial charge in [-0.25, -0.2) is 13.2 Å². The Labute approximate surface area is 253 Å². The molecule has 1 aromatic heterocycles. The second-order valence-corrected chi connectivity index (χ2v) is 12.3. The van der Waals surface area contributed by atoms with Crippen molar-refractivity contribution in [3.05, 3.63) is 53.6 Å². The van der Waals surface area contributed by atoms with E-state index in [4.69, 9.17) is 11.2 Å². The Morgan fingerprint density at radius 1 is 1.02 bits per heavy atom. The van der Waals surface area contributed by atoms with Gasteiger partial charge in [0.1, 0.15) is 29.1 Å². The average Bonchev–Trinajstić information content (AvgIpc) is 3.61. The maximum Gasteiger partial charge on any atom is 0.318 e. The molecule has 0 amide bonds. The third kappa shape index (κ3) is 4.79. The van der Waals surface area contributed by atoms with Crippen LogP contribution in [0.3, 0.4) is 0 Å². The number of alkyl halides is 1. The molecule has 2 N–H and O–H groups in total. The molecule has 44 heavy (non-hydrogen) atoms. The number of rotatable bonds is 3. The molecule has 4 aliphatic heterocycles. The summed E-state index contributed by atoms with van der Waals surface area (Å²) in [6.45, 7) is 3.08. The minimum atomic E-state index is -0.661. The second kappa shape index (κ2) is 11.1. The summed E-state index contributed by atoms with van der Waals surface area (Å²) < 4.78 is 48.5. The fourth-order valence-electron chi connectivity index (χ4n) is 7.51. The number of hydrogen-bond acceptors (Lipinski definition) is 7. The molecular weight excluding hydrogens is 569 g/mol. The molecule has 5 heterocycles. The van der Waals surface area contributed by atoms with E-state index in [-0.39, 0.29) is 51.9 Å².